The first-order chi connectivity index (χ1) is 8.77. The molecular weight excluding hydrogens is 230 g/mol. The van der Waals surface area contributed by atoms with Gasteiger partial charge in [-0.2, -0.15) is 0 Å². The number of hydrogen-bond acceptors (Lipinski definition) is 1. The lowest BCUT2D eigenvalue weighted by Gasteiger charge is -1.95. The molecule has 0 fully saturated rings. The van der Waals surface area contributed by atoms with E-state index in [2.05, 4.69) is 69.4 Å². The molecule has 19 heavy (non-hydrogen) atoms. The predicted molar refractivity (Wildman–Crippen MR) is 88.2 cm³/mol. The molecule has 0 aliphatic carbocycles. The summed E-state index contributed by atoms with van der Waals surface area (Å²) in [6, 6.07) is 0.333. The van der Waals surface area contributed by atoms with Crippen LogP contribution in [0, 0.1) is 47.9 Å². The van der Waals surface area contributed by atoms with Gasteiger partial charge in [-0.15, -0.1) is 6.42 Å². The zero-order valence-electron chi connectivity index (χ0n) is 13.5. The SMILES string of the molecule is C#CC#CC#CC.CC(C)/C=C\C(C)C.CC(C)N. The van der Waals surface area contributed by atoms with Crippen LogP contribution in [0.2, 0.25) is 0 Å². The van der Waals surface area contributed by atoms with Gasteiger partial charge in [-0.05, 0) is 48.5 Å². The minimum Gasteiger partial charge on any atom is -0.328 e. The van der Waals surface area contributed by atoms with Crippen molar-refractivity contribution in [3.05, 3.63) is 12.2 Å². The smallest absolute Gasteiger partial charge is 0.00108 e. The third-order valence-corrected chi connectivity index (χ3v) is 1.20. The largest absolute Gasteiger partial charge is 0.328 e. The van der Waals surface area contributed by atoms with Crippen molar-refractivity contribution in [1.29, 1.82) is 0 Å². The monoisotopic (exact) mass is 259 g/mol. The summed E-state index contributed by atoms with van der Waals surface area (Å²) in [6.45, 7) is 14.4. The van der Waals surface area contributed by atoms with Gasteiger partial charge < -0.3 is 5.73 Å². The van der Waals surface area contributed by atoms with Gasteiger partial charge in [0.2, 0.25) is 0 Å². The lowest BCUT2D eigenvalue weighted by molar-refractivity contribution is 0.780. The third-order valence-electron chi connectivity index (χ3n) is 1.20. The van der Waals surface area contributed by atoms with Crippen molar-refractivity contribution >= 4 is 0 Å². The molecule has 0 saturated carbocycles. The second-order valence-electron chi connectivity index (χ2n) is 4.89. The minimum absolute atomic E-state index is 0.333. The Balaban J connectivity index is -0.000000214. The molecule has 0 aromatic carbocycles. The van der Waals surface area contributed by atoms with Gasteiger partial charge >= 0.3 is 0 Å². The van der Waals surface area contributed by atoms with Crippen molar-refractivity contribution in [2.45, 2.75) is 54.5 Å². The summed E-state index contributed by atoms with van der Waals surface area (Å²) in [6.07, 6.45) is 9.26. The zero-order valence-corrected chi connectivity index (χ0v) is 13.5. The van der Waals surface area contributed by atoms with Crippen LogP contribution in [-0.4, -0.2) is 6.04 Å². The second kappa shape index (κ2) is 18.7. The first kappa shape index (κ1) is 22.6. The van der Waals surface area contributed by atoms with E-state index < -0.39 is 0 Å². The molecule has 0 unspecified atom stereocenters. The Morgan fingerprint density at radius 3 is 1.42 bits per heavy atom. The lowest BCUT2D eigenvalue weighted by Crippen LogP contribution is -2.06. The molecule has 0 rings (SSSR count). The van der Waals surface area contributed by atoms with E-state index >= 15 is 0 Å². The molecule has 106 valence electrons. The van der Waals surface area contributed by atoms with Crippen LogP contribution in [-0.2, 0) is 0 Å². The number of terminal acetylenes is 1. The molecule has 0 atom stereocenters. The molecule has 0 aliphatic heterocycles. The fourth-order valence-electron chi connectivity index (χ4n) is 0.574. The molecule has 2 N–H and O–H groups in total. The highest BCUT2D eigenvalue weighted by Crippen LogP contribution is 1.99. The third kappa shape index (κ3) is 62.2. The zero-order chi connectivity index (χ0) is 15.7. The van der Waals surface area contributed by atoms with Crippen LogP contribution in [0.25, 0.3) is 0 Å². The molecule has 0 aromatic rings. The Hall–Kier alpha value is -1.62. The molecule has 0 amide bonds. The molecule has 0 radical (unpaired) electrons. The summed E-state index contributed by atoms with van der Waals surface area (Å²) in [5.41, 5.74) is 5.11. The van der Waals surface area contributed by atoms with E-state index in [9.17, 15) is 0 Å². The van der Waals surface area contributed by atoms with E-state index in [1.165, 1.54) is 0 Å². The number of nitrogens with two attached hydrogens (primary N) is 1. The average molecular weight is 259 g/mol. The fraction of sp³-hybridized carbons (Fsp3) is 0.556. The first-order valence-electron chi connectivity index (χ1n) is 6.59. The van der Waals surface area contributed by atoms with Crippen molar-refractivity contribution in [3.8, 4) is 36.0 Å². The molecular formula is C18H29N. The standard InChI is InChI=1S/C8H16.C7H4.C3H9N/c1-7(2)5-6-8(3)4;1-3-5-7-6-4-2;1-3(2)4/h5-8H,1-4H3;1H,2H3;3H,4H2,1-2H3/b6-5-;;. The van der Waals surface area contributed by atoms with E-state index in [1.54, 1.807) is 6.92 Å². The van der Waals surface area contributed by atoms with Crippen molar-refractivity contribution in [3.63, 3.8) is 0 Å². The fourth-order valence-corrected chi connectivity index (χ4v) is 0.574. The summed E-state index contributed by atoms with van der Waals surface area (Å²) in [5.74, 6) is 13.4. The summed E-state index contributed by atoms with van der Waals surface area (Å²) >= 11 is 0. The van der Waals surface area contributed by atoms with Gasteiger partial charge in [-0.25, -0.2) is 0 Å². The molecule has 0 bridgehead atoms. The van der Waals surface area contributed by atoms with Crippen molar-refractivity contribution in [1.82, 2.24) is 0 Å². The van der Waals surface area contributed by atoms with Gasteiger partial charge in [0, 0.05) is 0 Å². The molecule has 1 heteroatoms. The van der Waals surface area contributed by atoms with E-state index in [4.69, 9.17) is 12.2 Å². The Bertz CT molecular complexity index is 344. The maximum absolute atomic E-state index is 5.11. The summed E-state index contributed by atoms with van der Waals surface area (Å²) in [7, 11) is 0. The van der Waals surface area contributed by atoms with E-state index in [0.29, 0.717) is 17.9 Å². The first-order valence-corrected chi connectivity index (χ1v) is 6.59. The Morgan fingerprint density at radius 2 is 1.21 bits per heavy atom. The molecule has 0 saturated heterocycles. The maximum atomic E-state index is 5.11. The highest BCUT2D eigenvalue weighted by atomic mass is 14.6. The Morgan fingerprint density at radius 1 is 0.842 bits per heavy atom. The van der Waals surface area contributed by atoms with Crippen molar-refractivity contribution in [2.24, 2.45) is 17.6 Å². The lowest BCUT2D eigenvalue weighted by atomic mass is 10.1. The Labute approximate surface area is 121 Å². The molecule has 0 aromatic heterocycles. The summed E-state index contributed by atoms with van der Waals surface area (Å²) in [5, 5.41) is 0. The predicted octanol–water partition coefficient (Wildman–Crippen LogP) is 3.85. The van der Waals surface area contributed by atoms with E-state index in [-0.39, 0.29) is 0 Å². The molecule has 0 heterocycles. The highest BCUT2D eigenvalue weighted by Gasteiger charge is 1.85. The molecule has 1 nitrogen and oxygen atoms in total. The van der Waals surface area contributed by atoms with Crippen molar-refractivity contribution < 1.29 is 0 Å². The highest BCUT2D eigenvalue weighted by molar-refractivity contribution is 5.33. The van der Waals surface area contributed by atoms with Gasteiger partial charge in [-0.3, -0.25) is 0 Å². The van der Waals surface area contributed by atoms with Crippen LogP contribution in [0.4, 0.5) is 0 Å². The quantitative estimate of drug-likeness (QED) is 0.591. The average Bonchev–Trinajstić information content (AvgIpc) is 2.27. The number of rotatable bonds is 2. The van der Waals surface area contributed by atoms with Gasteiger partial charge in [-0.1, -0.05) is 59.6 Å². The number of allylic oxidation sites excluding steroid dienone is 2. The van der Waals surface area contributed by atoms with Crippen LogP contribution in [0.1, 0.15) is 48.5 Å². The van der Waals surface area contributed by atoms with Gasteiger partial charge in [0.1, 0.15) is 0 Å². The summed E-state index contributed by atoms with van der Waals surface area (Å²) < 4.78 is 0. The van der Waals surface area contributed by atoms with E-state index in [1.807, 2.05) is 13.8 Å². The second-order valence-corrected chi connectivity index (χ2v) is 4.89. The van der Waals surface area contributed by atoms with E-state index in [0.717, 1.165) is 0 Å². The van der Waals surface area contributed by atoms with Gasteiger partial charge in [0.25, 0.3) is 0 Å². The van der Waals surface area contributed by atoms with Crippen LogP contribution >= 0.6 is 0 Å². The van der Waals surface area contributed by atoms with Crippen LogP contribution in [0.3, 0.4) is 0 Å². The van der Waals surface area contributed by atoms with Crippen molar-refractivity contribution in [2.75, 3.05) is 0 Å². The topological polar surface area (TPSA) is 26.0 Å². The van der Waals surface area contributed by atoms with Crippen LogP contribution < -0.4 is 5.73 Å². The normalized spacial score (nSPS) is 8.32. The maximum Gasteiger partial charge on any atom is -0.00108 e. The minimum atomic E-state index is 0.333. The van der Waals surface area contributed by atoms with Crippen LogP contribution in [0.5, 0.6) is 0 Å². The molecule has 0 aliphatic rings. The Kier molecular flexibility index (Phi) is 22.2. The summed E-state index contributed by atoms with van der Waals surface area (Å²) in [4.78, 5) is 0. The van der Waals surface area contributed by atoms with Gasteiger partial charge in [0.15, 0.2) is 0 Å². The molecule has 0 spiro atoms. The number of hydrogen-bond donors (Lipinski definition) is 1. The van der Waals surface area contributed by atoms with Gasteiger partial charge in [0.05, 0.1) is 0 Å². The van der Waals surface area contributed by atoms with Crippen LogP contribution in [0.15, 0.2) is 12.2 Å².